The maximum Gasteiger partial charge on any atom is 0.122 e. The Morgan fingerprint density at radius 3 is 2.89 bits per heavy atom. The van der Waals surface area contributed by atoms with Crippen LogP contribution >= 0.6 is 0 Å². The fraction of sp³-hybridized carbons (Fsp3) is 0.733. The first kappa shape index (κ1) is 14.6. The first-order valence-corrected chi connectivity index (χ1v) is 7.23. The fourth-order valence-electron chi connectivity index (χ4n) is 2.58. The zero-order chi connectivity index (χ0) is 13.8. The van der Waals surface area contributed by atoms with Gasteiger partial charge in [-0.3, -0.25) is 4.90 Å². The minimum Gasteiger partial charge on any atom is -0.468 e. The summed E-state index contributed by atoms with van der Waals surface area (Å²) in [5, 5.41) is 3.42. The van der Waals surface area contributed by atoms with Gasteiger partial charge in [-0.15, -0.1) is 0 Å². The quantitative estimate of drug-likeness (QED) is 0.851. The van der Waals surface area contributed by atoms with Crippen LogP contribution in [0.4, 0.5) is 0 Å². The van der Waals surface area contributed by atoms with Crippen LogP contribution in [0.1, 0.15) is 31.6 Å². The summed E-state index contributed by atoms with van der Waals surface area (Å²) in [6, 6.07) is 3.30. The molecule has 1 aromatic heterocycles. The average molecular weight is 265 g/mol. The largest absolute Gasteiger partial charge is 0.468 e. The molecule has 1 atom stereocenters. The van der Waals surface area contributed by atoms with E-state index < -0.39 is 0 Å². The molecule has 0 aromatic carbocycles. The van der Waals surface area contributed by atoms with Gasteiger partial charge in [-0.2, -0.15) is 0 Å². The van der Waals surface area contributed by atoms with Crippen LogP contribution in [0.25, 0.3) is 0 Å². The summed E-state index contributed by atoms with van der Waals surface area (Å²) in [5.74, 6) is 1.09. The third kappa shape index (κ3) is 4.06. The van der Waals surface area contributed by atoms with E-state index in [1.807, 2.05) is 6.26 Å². The Hall–Kier alpha value is -0.840. The van der Waals surface area contributed by atoms with Crippen molar-refractivity contribution >= 4 is 0 Å². The van der Waals surface area contributed by atoms with Crippen LogP contribution in [-0.2, 0) is 13.1 Å². The maximum atomic E-state index is 5.60. The van der Waals surface area contributed by atoms with Gasteiger partial charge in [0.15, 0.2) is 0 Å². The Bertz CT molecular complexity index is 386. The van der Waals surface area contributed by atoms with Gasteiger partial charge in [0.1, 0.15) is 5.76 Å². The summed E-state index contributed by atoms with van der Waals surface area (Å²) in [4.78, 5) is 4.85. The lowest BCUT2D eigenvalue weighted by Gasteiger charge is -2.20. The van der Waals surface area contributed by atoms with E-state index in [1.54, 1.807) is 0 Å². The molecule has 1 unspecified atom stereocenters. The van der Waals surface area contributed by atoms with Gasteiger partial charge in [0, 0.05) is 37.3 Å². The number of likely N-dealkylation sites (tertiary alicyclic amines) is 1. The molecule has 0 radical (unpaired) electrons. The summed E-state index contributed by atoms with van der Waals surface area (Å²) >= 11 is 0. The van der Waals surface area contributed by atoms with Crippen molar-refractivity contribution < 1.29 is 4.42 Å². The van der Waals surface area contributed by atoms with Crippen molar-refractivity contribution in [1.29, 1.82) is 0 Å². The molecule has 2 heterocycles. The molecule has 1 fully saturated rings. The normalized spacial score (nSPS) is 20.8. The van der Waals surface area contributed by atoms with Gasteiger partial charge in [0.05, 0.1) is 12.8 Å². The highest BCUT2D eigenvalue weighted by Gasteiger charge is 2.24. The SMILES string of the molecule is CC(C)NCc1occc1CN1CCC(N(C)C)C1. The number of hydrogen-bond donors (Lipinski definition) is 1. The van der Waals surface area contributed by atoms with Crippen LogP contribution in [0.15, 0.2) is 16.7 Å². The topological polar surface area (TPSA) is 31.7 Å². The van der Waals surface area contributed by atoms with Crippen molar-refractivity contribution in [2.75, 3.05) is 27.2 Å². The Balaban J connectivity index is 1.88. The number of hydrogen-bond acceptors (Lipinski definition) is 4. The van der Waals surface area contributed by atoms with Crippen molar-refractivity contribution in [3.8, 4) is 0 Å². The van der Waals surface area contributed by atoms with E-state index in [-0.39, 0.29) is 0 Å². The van der Waals surface area contributed by atoms with Crippen molar-refractivity contribution in [2.45, 2.75) is 45.4 Å². The Morgan fingerprint density at radius 1 is 1.47 bits per heavy atom. The third-order valence-electron chi connectivity index (χ3n) is 3.88. The number of nitrogens with one attached hydrogen (secondary N) is 1. The smallest absolute Gasteiger partial charge is 0.122 e. The van der Waals surface area contributed by atoms with E-state index in [0.29, 0.717) is 12.1 Å². The molecular weight excluding hydrogens is 238 g/mol. The maximum absolute atomic E-state index is 5.60. The molecule has 1 N–H and O–H groups in total. The van der Waals surface area contributed by atoms with E-state index in [1.165, 1.54) is 18.5 Å². The summed E-state index contributed by atoms with van der Waals surface area (Å²) in [6.45, 7) is 8.50. The van der Waals surface area contributed by atoms with Crippen LogP contribution in [-0.4, -0.2) is 49.1 Å². The lowest BCUT2D eigenvalue weighted by molar-refractivity contribution is 0.263. The van der Waals surface area contributed by atoms with Crippen molar-refractivity contribution in [3.05, 3.63) is 23.7 Å². The van der Waals surface area contributed by atoms with Gasteiger partial charge >= 0.3 is 0 Å². The van der Waals surface area contributed by atoms with Crippen molar-refractivity contribution in [3.63, 3.8) is 0 Å². The van der Waals surface area contributed by atoms with E-state index in [0.717, 1.165) is 25.4 Å². The van der Waals surface area contributed by atoms with E-state index in [9.17, 15) is 0 Å². The standard InChI is InChI=1S/C15H27N3O/c1-12(2)16-9-15-13(6-8-19-15)10-18-7-5-14(11-18)17(3)4/h6,8,12,14,16H,5,7,9-11H2,1-4H3. The van der Waals surface area contributed by atoms with Crippen LogP contribution < -0.4 is 5.32 Å². The molecule has 19 heavy (non-hydrogen) atoms. The second-order valence-electron chi connectivity index (χ2n) is 6.05. The van der Waals surface area contributed by atoms with Crippen LogP contribution in [0.3, 0.4) is 0 Å². The van der Waals surface area contributed by atoms with Crippen LogP contribution in [0.2, 0.25) is 0 Å². The number of furan rings is 1. The third-order valence-corrected chi connectivity index (χ3v) is 3.88. The second-order valence-corrected chi connectivity index (χ2v) is 6.05. The molecule has 1 saturated heterocycles. The number of likely N-dealkylation sites (N-methyl/N-ethyl adjacent to an activating group) is 1. The molecule has 4 heteroatoms. The zero-order valence-electron chi connectivity index (χ0n) is 12.6. The minimum absolute atomic E-state index is 0.489. The highest BCUT2D eigenvalue weighted by Crippen LogP contribution is 2.19. The minimum atomic E-state index is 0.489. The molecule has 0 spiro atoms. The molecule has 0 amide bonds. The second kappa shape index (κ2) is 6.55. The highest BCUT2D eigenvalue weighted by molar-refractivity contribution is 5.17. The van der Waals surface area contributed by atoms with Gasteiger partial charge in [0.2, 0.25) is 0 Å². The summed E-state index contributed by atoms with van der Waals surface area (Å²) in [6.07, 6.45) is 3.08. The predicted octanol–water partition coefficient (Wildman–Crippen LogP) is 1.91. The van der Waals surface area contributed by atoms with Crippen molar-refractivity contribution in [1.82, 2.24) is 15.1 Å². The Labute approximate surface area is 116 Å². The van der Waals surface area contributed by atoms with Gasteiger partial charge in [0.25, 0.3) is 0 Å². The van der Waals surface area contributed by atoms with Gasteiger partial charge in [-0.25, -0.2) is 0 Å². The summed E-state index contributed by atoms with van der Waals surface area (Å²) in [7, 11) is 4.34. The number of nitrogens with zero attached hydrogens (tertiary/aromatic N) is 2. The Morgan fingerprint density at radius 2 is 2.26 bits per heavy atom. The number of rotatable bonds is 6. The zero-order valence-corrected chi connectivity index (χ0v) is 12.6. The van der Waals surface area contributed by atoms with Gasteiger partial charge in [-0.1, -0.05) is 13.8 Å². The molecule has 2 rings (SSSR count). The first-order chi connectivity index (χ1) is 9.06. The summed E-state index contributed by atoms with van der Waals surface area (Å²) < 4.78 is 5.60. The molecule has 0 aliphatic carbocycles. The molecule has 0 bridgehead atoms. The van der Waals surface area contributed by atoms with E-state index in [2.05, 4.69) is 49.1 Å². The molecule has 0 saturated carbocycles. The monoisotopic (exact) mass is 265 g/mol. The van der Waals surface area contributed by atoms with Crippen molar-refractivity contribution in [2.24, 2.45) is 0 Å². The molecule has 108 valence electrons. The predicted molar refractivity (Wildman–Crippen MR) is 78.1 cm³/mol. The van der Waals surface area contributed by atoms with Gasteiger partial charge in [-0.05, 0) is 26.6 Å². The lowest BCUT2D eigenvalue weighted by atomic mass is 10.2. The van der Waals surface area contributed by atoms with Crippen LogP contribution in [0.5, 0.6) is 0 Å². The molecule has 4 nitrogen and oxygen atoms in total. The highest BCUT2D eigenvalue weighted by atomic mass is 16.3. The van der Waals surface area contributed by atoms with Gasteiger partial charge < -0.3 is 14.6 Å². The lowest BCUT2D eigenvalue weighted by Crippen LogP contribution is -2.31. The Kier molecular flexibility index (Phi) is 5.02. The fourth-order valence-corrected chi connectivity index (χ4v) is 2.58. The summed E-state index contributed by atoms with van der Waals surface area (Å²) in [5.41, 5.74) is 1.33. The molecule has 1 aliphatic heterocycles. The van der Waals surface area contributed by atoms with Crippen LogP contribution in [0, 0.1) is 0 Å². The van der Waals surface area contributed by atoms with E-state index >= 15 is 0 Å². The molecule has 1 aromatic rings. The first-order valence-electron chi connectivity index (χ1n) is 7.23. The average Bonchev–Trinajstić information content (AvgIpc) is 2.96. The molecule has 1 aliphatic rings. The van der Waals surface area contributed by atoms with E-state index in [4.69, 9.17) is 4.42 Å². The molecular formula is C15H27N3O.